The summed E-state index contributed by atoms with van der Waals surface area (Å²) in [7, 11) is 0. The molecule has 1 aliphatic rings. The van der Waals surface area contributed by atoms with Crippen molar-refractivity contribution in [3.63, 3.8) is 0 Å². The summed E-state index contributed by atoms with van der Waals surface area (Å²) in [5.74, 6) is -1.96. The molecular formula is C14H13N2O4+. The molecule has 0 saturated carbocycles. The van der Waals surface area contributed by atoms with E-state index in [1.54, 1.807) is 26.0 Å². The molecule has 2 rings (SSSR count). The van der Waals surface area contributed by atoms with Crippen molar-refractivity contribution in [3.8, 4) is 0 Å². The van der Waals surface area contributed by atoms with Crippen LogP contribution in [0.5, 0.6) is 0 Å². The van der Waals surface area contributed by atoms with Gasteiger partial charge < -0.3 is 5.11 Å². The number of aliphatic imine (C=N–C) groups is 1. The zero-order valence-electron chi connectivity index (χ0n) is 11.0. The lowest BCUT2D eigenvalue weighted by Gasteiger charge is -2.12. The molecule has 0 fully saturated rings. The van der Waals surface area contributed by atoms with E-state index in [4.69, 9.17) is 5.11 Å². The highest BCUT2D eigenvalue weighted by Crippen LogP contribution is 2.33. The first-order valence-electron chi connectivity index (χ1n) is 5.98. The average molecular weight is 273 g/mol. The first-order valence-corrected chi connectivity index (χ1v) is 5.98. The minimum atomic E-state index is -1.45. The van der Waals surface area contributed by atoms with Gasteiger partial charge in [0.05, 0.1) is 4.76 Å². The summed E-state index contributed by atoms with van der Waals surface area (Å²) in [6, 6.07) is 4.87. The van der Waals surface area contributed by atoms with E-state index < -0.39 is 23.5 Å². The van der Waals surface area contributed by atoms with Gasteiger partial charge in [0.1, 0.15) is 5.69 Å². The number of nitroso groups, excluding NO2 is 1. The third-order valence-electron chi connectivity index (χ3n) is 2.77. The molecule has 1 atom stereocenters. The number of para-hydroxylation sites is 2. The van der Waals surface area contributed by atoms with Gasteiger partial charge in [0.15, 0.2) is 0 Å². The second-order valence-electron chi connectivity index (χ2n) is 4.64. The van der Waals surface area contributed by atoms with Crippen LogP contribution in [0, 0.1) is 4.91 Å². The molecule has 6 heteroatoms. The number of fused-ring (bicyclic) bond motifs is 1. The molecule has 0 spiro atoms. The summed E-state index contributed by atoms with van der Waals surface area (Å²) in [4.78, 5) is 39.5. The molecule has 1 N–H and O–H groups in total. The number of ketones is 1. The van der Waals surface area contributed by atoms with Gasteiger partial charge in [0.25, 0.3) is 5.69 Å². The third kappa shape index (κ3) is 2.40. The van der Waals surface area contributed by atoms with Gasteiger partial charge in [0.2, 0.25) is 11.5 Å². The van der Waals surface area contributed by atoms with Crippen LogP contribution in [0.3, 0.4) is 0 Å². The van der Waals surface area contributed by atoms with Gasteiger partial charge in [-0.05, 0) is 26.0 Å². The van der Waals surface area contributed by atoms with Crippen molar-refractivity contribution in [2.75, 3.05) is 0 Å². The molecule has 0 aromatic heterocycles. The van der Waals surface area contributed by atoms with Crippen molar-refractivity contribution in [1.29, 1.82) is 0 Å². The number of benzene rings is 1. The van der Waals surface area contributed by atoms with E-state index in [9.17, 15) is 14.5 Å². The van der Waals surface area contributed by atoms with Crippen LogP contribution in [0.2, 0.25) is 0 Å². The highest BCUT2D eigenvalue weighted by molar-refractivity contribution is 6.43. The van der Waals surface area contributed by atoms with Crippen molar-refractivity contribution >= 4 is 28.8 Å². The molecule has 20 heavy (non-hydrogen) atoms. The molecule has 0 saturated heterocycles. The Morgan fingerprint density at radius 2 is 1.95 bits per heavy atom. The molecule has 1 aliphatic heterocycles. The van der Waals surface area contributed by atoms with Gasteiger partial charge in [-0.3, -0.25) is 4.79 Å². The lowest BCUT2D eigenvalue weighted by atomic mass is 10.0. The van der Waals surface area contributed by atoms with Crippen LogP contribution in [-0.4, -0.2) is 33.4 Å². The lowest BCUT2D eigenvalue weighted by molar-refractivity contribution is -0.472. The monoisotopic (exact) mass is 273 g/mol. The van der Waals surface area contributed by atoms with E-state index in [2.05, 4.69) is 4.99 Å². The highest BCUT2D eigenvalue weighted by atomic mass is 16.4. The molecule has 102 valence electrons. The highest BCUT2D eigenvalue weighted by Gasteiger charge is 2.46. The number of carbonyl (C=O) groups excluding carboxylic acids is 1. The summed E-state index contributed by atoms with van der Waals surface area (Å²) in [6.45, 7) is 3.39. The molecule has 0 amide bonds. The Balaban J connectivity index is 2.58. The van der Waals surface area contributed by atoms with E-state index >= 15 is 0 Å². The van der Waals surface area contributed by atoms with E-state index in [0.717, 1.165) is 0 Å². The van der Waals surface area contributed by atoms with Crippen LogP contribution >= 0.6 is 0 Å². The molecule has 0 bridgehead atoms. The van der Waals surface area contributed by atoms with Crippen molar-refractivity contribution in [2.45, 2.75) is 19.9 Å². The zero-order valence-corrected chi connectivity index (χ0v) is 11.0. The smallest absolute Gasteiger partial charge is 0.357 e. The Labute approximate surface area is 115 Å². The molecule has 0 aliphatic carbocycles. The molecule has 1 aromatic rings. The van der Waals surface area contributed by atoms with Crippen molar-refractivity contribution in [3.05, 3.63) is 40.8 Å². The van der Waals surface area contributed by atoms with Crippen LogP contribution in [0.15, 0.2) is 40.9 Å². The maximum absolute atomic E-state index is 12.3. The number of carboxylic acid groups (broad SMARTS) is 1. The van der Waals surface area contributed by atoms with Gasteiger partial charge in [-0.15, -0.1) is 0 Å². The Morgan fingerprint density at radius 3 is 2.55 bits per heavy atom. The Kier molecular flexibility index (Phi) is 3.56. The van der Waals surface area contributed by atoms with Gasteiger partial charge in [-0.25, -0.2) is 9.79 Å². The lowest BCUT2D eigenvalue weighted by Crippen LogP contribution is -2.43. The first kappa shape index (κ1) is 13.8. The predicted octanol–water partition coefficient (Wildman–Crippen LogP) is 2.17. The molecule has 6 nitrogen and oxygen atoms in total. The maximum Gasteiger partial charge on any atom is 0.357 e. The molecule has 1 aromatic carbocycles. The molecule has 0 radical (unpaired) electrons. The van der Waals surface area contributed by atoms with Crippen LogP contribution in [0.4, 0.5) is 11.4 Å². The Bertz CT molecular complexity index is 670. The molecular weight excluding hydrogens is 260 g/mol. The number of carbonyl (C=O) groups is 2. The van der Waals surface area contributed by atoms with E-state index in [0.29, 0.717) is 10.3 Å². The summed E-state index contributed by atoms with van der Waals surface area (Å²) in [5, 5.41) is 9.17. The standard InChI is InChI=1S/C14H12N2O4/c1-8(2)7-11(17)13-12(14(18)19)15-9-5-3-4-6-10(9)16(13)20/h3-7,13H,1-2H3/p+1. The molecule has 1 heterocycles. The quantitative estimate of drug-likeness (QED) is 0.675. The number of hydrogen-bond acceptors (Lipinski definition) is 4. The Hall–Kier alpha value is -2.63. The number of nitrogens with zero attached hydrogens (tertiary/aromatic N) is 2. The minimum absolute atomic E-state index is 0.193. The third-order valence-corrected chi connectivity index (χ3v) is 2.77. The van der Waals surface area contributed by atoms with Gasteiger partial charge in [0, 0.05) is 11.0 Å². The number of carboxylic acids is 1. The first-order chi connectivity index (χ1) is 9.41. The zero-order chi connectivity index (χ0) is 14.9. The van der Waals surface area contributed by atoms with Crippen molar-refractivity contribution in [1.82, 2.24) is 0 Å². The van der Waals surface area contributed by atoms with E-state index in [1.165, 1.54) is 18.2 Å². The van der Waals surface area contributed by atoms with Crippen molar-refractivity contribution in [2.24, 2.45) is 4.99 Å². The maximum atomic E-state index is 12.3. The summed E-state index contributed by atoms with van der Waals surface area (Å²) in [5.41, 5.74) is 0.673. The van der Waals surface area contributed by atoms with E-state index in [-0.39, 0.29) is 11.4 Å². The minimum Gasteiger partial charge on any atom is -0.477 e. The second-order valence-corrected chi connectivity index (χ2v) is 4.64. The van der Waals surface area contributed by atoms with Gasteiger partial charge >= 0.3 is 12.0 Å². The molecule has 1 unspecified atom stereocenters. The second kappa shape index (κ2) is 5.16. The van der Waals surface area contributed by atoms with Crippen LogP contribution < -0.4 is 0 Å². The predicted molar refractivity (Wildman–Crippen MR) is 72.7 cm³/mol. The number of rotatable bonds is 3. The fourth-order valence-corrected chi connectivity index (χ4v) is 1.96. The topological polar surface area (TPSA) is 86.8 Å². The fraction of sp³-hybridized carbons (Fsp3) is 0.214. The number of hydrogen-bond donors (Lipinski definition) is 1. The fourth-order valence-electron chi connectivity index (χ4n) is 1.96. The largest absolute Gasteiger partial charge is 0.477 e. The summed E-state index contributed by atoms with van der Waals surface area (Å²) >= 11 is 0. The van der Waals surface area contributed by atoms with Crippen LogP contribution in [0.1, 0.15) is 13.8 Å². The van der Waals surface area contributed by atoms with Crippen LogP contribution in [0.25, 0.3) is 0 Å². The van der Waals surface area contributed by atoms with Gasteiger partial charge in [-0.2, -0.15) is 0 Å². The number of aliphatic carboxylic acids is 1. The SMILES string of the molecule is CC(C)=CC(=O)C1C(C(=O)O)=Nc2ccccc2[N+]1=O. The average Bonchev–Trinajstić information content (AvgIpc) is 2.37. The van der Waals surface area contributed by atoms with Crippen LogP contribution in [-0.2, 0) is 9.59 Å². The van der Waals surface area contributed by atoms with E-state index in [1.807, 2.05) is 0 Å². The Morgan fingerprint density at radius 1 is 1.30 bits per heavy atom. The van der Waals surface area contributed by atoms with Crippen molar-refractivity contribution < 1.29 is 19.5 Å². The summed E-state index contributed by atoms with van der Waals surface area (Å²) in [6.07, 6.45) is 1.25. The number of allylic oxidation sites excluding steroid dienone is 1. The summed E-state index contributed by atoms with van der Waals surface area (Å²) < 4.78 is 0.410. The van der Waals surface area contributed by atoms with Gasteiger partial charge in [-0.1, -0.05) is 17.7 Å². The normalized spacial score (nSPS) is 17.0.